The van der Waals surface area contributed by atoms with Crippen LogP contribution in [0.3, 0.4) is 0 Å². The van der Waals surface area contributed by atoms with Crippen LogP contribution in [0.4, 0.5) is 5.69 Å². The average Bonchev–Trinajstić information content (AvgIpc) is 2.56. The highest BCUT2D eigenvalue weighted by molar-refractivity contribution is 8.13. The Hall–Kier alpha value is -2.34. The van der Waals surface area contributed by atoms with E-state index in [4.69, 9.17) is 0 Å². The minimum atomic E-state index is -0.360. The quantitative estimate of drug-likeness (QED) is 0.305. The lowest BCUT2D eigenvalue weighted by atomic mass is 10.2. The van der Waals surface area contributed by atoms with Crippen molar-refractivity contribution in [2.24, 2.45) is 4.99 Å². The molecule has 0 aliphatic rings. The maximum absolute atomic E-state index is 11.2. The molecule has 0 unspecified atom stereocenters. The molecule has 24 heavy (non-hydrogen) atoms. The summed E-state index contributed by atoms with van der Waals surface area (Å²) in [5.41, 5.74) is 3.43. The monoisotopic (exact) mass is 345 g/mol. The molecule has 128 valence electrons. The molecule has 0 radical (unpaired) electrons. The molecule has 1 aromatic rings. The SMILES string of the molecule is C=CNC(C(=NC(=C)CC)SCc1ccccc1[N+](=O)[O-])=C(C)C. The second kappa shape index (κ2) is 9.72. The van der Waals surface area contributed by atoms with Crippen molar-refractivity contribution in [3.8, 4) is 0 Å². The zero-order chi connectivity index (χ0) is 18.1. The number of nitrogens with zero attached hydrogens (tertiary/aromatic N) is 2. The van der Waals surface area contributed by atoms with E-state index in [0.717, 1.165) is 28.4 Å². The first kappa shape index (κ1) is 19.7. The standard InChI is InChI=1S/C18H23N3O2S/c1-6-14(5)20-18(17(13(3)4)19-7-2)24-12-15-10-8-9-11-16(15)21(22)23/h7-11,19H,2,5-6,12H2,1,3-4H3. The lowest BCUT2D eigenvalue weighted by molar-refractivity contribution is -0.385. The molecule has 1 rings (SSSR count). The Morgan fingerprint density at radius 1 is 1.42 bits per heavy atom. The summed E-state index contributed by atoms with van der Waals surface area (Å²) in [4.78, 5) is 15.4. The minimum Gasteiger partial charge on any atom is -0.360 e. The van der Waals surface area contributed by atoms with Gasteiger partial charge in [0.1, 0.15) is 5.04 Å². The first-order valence-electron chi connectivity index (χ1n) is 7.57. The largest absolute Gasteiger partial charge is 0.360 e. The van der Waals surface area contributed by atoms with Gasteiger partial charge in [0, 0.05) is 23.1 Å². The van der Waals surface area contributed by atoms with Crippen LogP contribution in [0.2, 0.25) is 0 Å². The molecule has 0 saturated heterocycles. The number of nitro groups is 1. The molecule has 0 spiro atoms. The summed E-state index contributed by atoms with van der Waals surface area (Å²) >= 11 is 1.44. The number of hydrogen-bond donors (Lipinski definition) is 1. The summed E-state index contributed by atoms with van der Waals surface area (Å²) in [6.07, 6.45) is 2.33. The van der Waals surface area contributed by atoms with Crippen molar-refractivity contribution in [1.82, 2.24) is 5.32 Å². The fraction of sp³-hybridized carbons (Fsp3) is 0.278. The van der Waals surface area contributed by atoms with Gasteiger partial charge in [0.05, 0.1) is 10.6 Å². The lowest BCUT2D eigenvalue weighted by Gasteiger charge is -2.13. The highest BCUT2D eigenvalue weighted by Gasteiger charge is 2.15. The maximum atomic E-state index is 11.2. The summed E-state index contributed by atoms with van der Waals surface area (Å²) in [7, 11) is 0. The molecular formula is C18H23N3O2S. The zero-order valence-corrected chi connectivity index (χ0v) is 15.2. The molecule has 0 aliphatic carbocycles. The van der Waals surface area contributed by atoms with Gasteiger partial charge in [-0.05, 0) is 26.5 Å². The first-order chi connectivity index (χ1) is 11.4. The third kappa shape index (κ3) is 5.70. The van der Waals surface area contributed by atoms with Gasteiger partial charge in [-0.3, -0.25) is 10.1 Å². The van der Waals surface area contributed by atoms with Crippen LogP contribution in [0, 0.1) is 10.1 Å². The van der Waals surface area contributed by atoms with Gasteiger partial charge >= 0.3 is 0 Å². The molecule has 0 fully saturated rings. The number of rotatable bonds is 8. The van der Waals surface area contributed by atoms with Crippen molar-refractivity contribution >= 4 is 22.5 Å². The van der Waals surface area contributed by atoms with Crippen LogP contribution in [0.25, 0.3) is 0 Å². The summed E-state index contributed by atoms with van der Waals surface area (Å²) in [5.74, 6) is 0.447. The van der Waals surface area contributed by atoms with Crippen molar-refractivity contribution in [2.75, 3.05) is 0 Å². The Morgan fingerprint density at radius 2 is 2.08 bits per heavy atom. The Balaban J connectivity index is 3.14. The lowest BCUT2D eigenvalue weighted by Crippen LogP contribution is -2.15. The molecular weight excluding hydrogens is 322 g/mol. The summed E-state index contributed by atoms with van der Waals surface area (Å²) in [6.45, 7) is 13.6. The summed E-state index contributed by atoms with van der Waals surface area (Å²) in [6, 6.07) is 6.75. The fourth-order valence-electron chi connectivity index (χ4n) is 1.86. The van der Waals surface area contributed by atoms with Crippen molar-refractivity contribution < 1.29 is 4.92 Å². The van der Waals surface area contributed by atoms with E-state index in [2.05, 4.69) is 23.5 Å². The number of benzene rings is 1. The maximum Gasteiger partial charge on any atom is 0.273 e. The van der Waals surface area contributed by atoms with Gasteiger partial charge in [-0.1, -0.05) is 55.6 Å². The molecule has 0 bridgehead atoms. The molecule has 5 nitrogen and oxygen atoms in total. The molecule has 0 amide bonds. The van der Waals surface area contributed by atoms with Gasteiger partial charge in [0.2, 0.25) is 0 Å². The predicted octanol–water partition coefficient (Wildman–Crippen LogP) is 5.18. The Kier molecular flexibility index (Phi) is 7.98. The number of hydrogen-bond acceptors (Lipinski definition) is 5. The molecule has 0 heterocycles. The number of aliphatic imine (C=N–C) groups is 1. The molecule has 6 heteroatoms. The van der Waals surface area contributed by atoms with Gasteiger partial charge in [-0.25, -0.2) is 4.99 Å². The van der Waals surface area contributed by atoms with Crippen molar-refractivity contribution in [3.05, 3.63) is 76.3 Å². The third-order valence-electron chi connectivity index (χ3n) is 3.18. The van der Waals surface area contributed by atoms with E-state index in [1.807, 2.05) is 20.8 Å². The number of nitro benzene ring substituents is 1. The second-order valence-corrected chi connectivity index (χ2v) is 6.20. The first-order valence-corrected chi connectivity index (χ1v) is 8.56. The number of para-hydroxylation sites is 1. The molecule has 0 saturated carbocycles. The van der Waals surface area contributed by atoms with Crippen LogP contribution in [0.1, 0.15) is 32.8 Å². The Morgan fingerprint density at radius 3 is 2.62 bits per heavy atom. The predicted molar refractivity (Wildman–Crippen MR) is 103 cm³/mol. The molecule has 0 aromatic heterocycles. The van der Waals surface area contributed by atoms with E-state index in [1.54, 1.807) is 24.4 Å². The Bertz CT molecular complexity index is 689. The minimum absolute atomic E-state index is 0.120. The average molecular weight is 345 g/mol. The van der Waals surface area contributed by atoms with Crippen LogP contribution in [-0.4, -0.2) is 9.97 Å². The zero-order valence-electron chi connectivity index (χ0n) is 14.3. The number of allylic oxidation sites excluding steroid dienone is 2. The van der Waals surface area contributed by atoms with Crippen molar-refractivity contribution in [3.63, 3.8) is 0 Å². The summed E-state index contributed by atoms with van der Waals surface area (Å²) in [5, 5.41) is 15.0. The summed E-state index contributed by atoms with van der Waals surface area (Å²) < 4.78 is 0. The van der Waals surface area contributed by atoms with Crippen LogP contribution in [0.15, 0.2) is 65.6 Å². The van der Waals surface area contributed by atoms with Crippen LogP contribution in [-0.2, 0) is 5.75 Å². The third-order valence-corrected chi connectivity index (χ3v) is 4.20. The van der Waals surface area contributed by atoms with E-state index in [1.165, 1.54) is 17.8 Å². The fourth-order valence-corrected chi connectivity index (χ4v) is 3.00. The van der Waals surface area contributed by atoms with E-state index >= 15 is 0 Å². The normalized spacial score (nSPS) is 10.9. The van der Waals surface area contributed by atoms with Crippen LogP contribution >= 0.6 is 11.8 Å². The van der Waals surface area contributed by atoms with Gasteiger partial charge in [0.15, 0.2) is 0 Å². The molecule has 0 aliphatic heterocycles. The topological polar surface area (TPSA) is 67.5 Å². The van der Waals surface area contributed by atoms with Crippen LogP contribution < -0.4 is 5.32 Å². The van der Waals surface area contributed by atoms with E-state index in [9.17, 15) is 10.1 Å². The van der Waals surface area contributed by atoms with Crippen molar-refractivity contribution in [1.29, 1.82) is 0 Å². The van der Waals surface area contributed by atoms with E-state index in [-0.39, 0.29) is 10.6 Å². The van der Waals surface area contributed by atoms with E-state index in [0.29, 0.717) is 11.3 Å². The molecule has 0 atom stereocenters. The van der Waals surface area contributed by atoms with Gasteiger partial charge in [0.25, 0.3) is 5.69 Å². The smallest absolute Gasteiger partial charge is 0.273 e. The molecule has 1 N–H and O–H groups in total. The highest BCUT2D eigenvalue weighted by atomic mass is 32.2. The molecule has 1 aromatic carbocycles. The van der Waals surface area contributed by atoms with Crippen molar-refractivity contribution in [2.45, 2.75) is 32.9 Å². The number of thioether (sulfide) groups is 1. The second-order valence-electron chi connectivity index (χ2n) is 5.23. The highest BCUT2D eigenvalue weighted by Crippen LogP contribution is 2.26. The number of nitrogens with one attached hydrogen (secondary N) is 1. The van der Waals surface area contributed by atoms with Gasteiger partial charge < -0.3 is 5.32 Å². The van der Waals surface area contributed by atoms with E-state index < -0.39 is 0 Å². The van der Waals surface area contributed by atoms with Gasteiger partial charge in [-0.2, -0.15) is 0 Å². The van der Waals surface area contributed by atoms with Gasteiger partial charge in [-0.15, -0.1) is 0 Å². The van der Waals surface area contributed by atoms with Crippen LogP contribution in [0.5, 0.6) is 0 Å². The Labute approximate surface area is 147 Å².